The molecular weight excluding hydrogens is 316 g/mol. The number of nitrogens with zero attached hydrogens (tertiary/aromatic N) is 2. The quantitative estimate of drug-likeness (QED) is 0.716. The van der Waals surface area contributed by atoms with Crippen LogP contribution in [0.15, 0.2) is 47.2 Å². The molecule has 2 aromatic heterocycles. The molecule has 0 aliphatic carbocycles. The third-order valence-electron chi connectivity index (χ3n) is 3.20. The van der Waals surface area contributed by atoms with Gasteiger partial charge in [0, 0.05) is 6.20 Å². The highest BCUT2D eigenvalue weighted by atomic mass is 79.9. The van der Waals surface area contributed by atoms with Crippen LogP contribution in [0.1, 0.15) is 17.0 Å². The molecule has 4 heteroatoms. The molecule has 3 rings (SSSR count). The second-order valence-electron chi connectivity index (χ2n) is 4.88. The van der Waals surface area contributed by atoms with Crippen molar-refractivity contribution < 1.29 is 4.74 Å². The molecule has 0 atom stereocenters. The molecule has 102 valence electrons. The van der Waals surface area contributed by atoms with Gasteiger partial charge in [-0.15, -0.1) is 0 Å². The predicted octanol–water partition coefficient (Wildman–Crippen LogP) is 4.29. The van der Waals surface area contributed by atoms with E-state index in [2.05, 4.69) is 57.5 Å². The number of aryl methyl sites for hydroxylation is 2. The van der Waals surface area contributed by atoms with Crippen molar-refractivity contribution >= 4 is 21.4 Å². The van der Waals surface area contributed by atoms with Crippen LogP contribution in [0.3, 0.4) is 0 Å². The van der Waals surface area contributed by atoms with Crippen molar-refractivity contribution in [1.82, 2.24) is 9.38 Å². The van der Waals surface area contributed by atoms with Gasteiger partial charge < -0.3 is 4.74 Å². The smallest absolute Gasteiger partial charge is 0.152 e. The van der Waals surface area contributed by atoms with Crippen molar-refractivity contribution in [2.45, 2.75) is 20.5 Å². The topological polar surface area (TPSA) is 26.5 Å². The second-order valence-corrected chi connectivity index (χ2v) is 5.63. The number of rotatable bonds is 3. The molecule has 0 saturated heterocycles. The van der Waals surface area contributed by atoms with Gasteiger partial charge in [0.25, 0.3) is 0 Å². The minimum atomic E-state index is 0.444. The number of pyridine rings is 1. The number of aromatic nitrogens is 2. The van der Waals surface area contributed by atoms with Crippen molar-refractivity contribution in [2.24, 2.45) is 0 Å². The Morgan fingerprint density at radius 1 is 1.05 bits per heavy atom. The first kappa shape index (κ1) is 13.2. The summed E-state index contributed by atoms with van der Waals surface area (Å²) in [4.78, 5) is 4.52. The van der Waals surface area contributed by atoms with E-state index in [1.54, 1.807) is 0 Å². The van der Waals surface area contributed by atoms with Crippen LogP contribution in [0.5, 0.6) is 5.75 Å². The first-order valence-electron chi connectivity index (χ1n) is 6.46. The molecule has 0 radical (unpaired) electrons. The van der Waals surface area contributed by atoms with Gasteiger partial charge in [0.2, 0.25) is 0 Å². The summed E-state index contributed by atoms with van der Waals surface area (Å²) in [7, 11) is 0. The lowest BCUT2D eigenvalue weighted by molar-refractivity contribution is 0.295. The Kier molecular flexibility index (Phi) is 3.49. The van der Waals surface area contributed by atoms with Crippen LogP contribution in [-0.4, -0.2) is 9.38 Å². The number of hydrogen-bond acceptors (Lipinski definition) is 2. The molecule has 0 fully saturated rings. The molecule has 0 unspecified atom stereocenters. The van der Waals surface area contributed by atoms with E-state index in [1.165, 1.54) is 11.1 Å². The van der Waals surface area contributed by atoms with Crippen molar-refractivity contribution in [3.63, 3.8) is 0 Å². The molecule has 0 aliphatic heterocycles. The molecule has 1 aromatic carbocycles. The fourth-order valence-corrected chi connectivity index (χ4v) is 2.63. The van der Waals surface area contributed by atoms with Crippen molar-refractivity contribution in [3.8, 4) is 5.75 Å². The molecule has 0 amide bonds. The van der Waals surface area contributed by atoms with E-state index in [4.69, 9.17) is 4.74 Å². The lowest BCUT2D eigenvalue weighted by Gasteiger charge is -2.06. The van der Waals surface area contributed by atoms with Gasteiger partial charge in [0.15, 0.2) is 5.82 Å². The predicted molar refractivity (Wildman–Crippen MR) is 83.1 cm³/mol. The van der Waals surface area contributed by atoms with Gasteiger partial charge >= 0.3 is 0 Å². The van der Waals surface area contributed by atoms with E-state index in [0.29, 0.717) is 6.61 Å². The van der Waals surface area contributed by atoms with Gasteiger partial charge in [-0.2, -0.15) is 0 Å². The molecule has 0 N–H and O–H groups in total. The van der Waals surface area contributed by atoms with Gasteiger partial charge in [0.05, 0.1) is 5.52 Å². The van der Waals surface area contributed by atoms with E-state index in [1.807, 2.05) is 24.3 Å². The largest absolute Gasteiger partial charge is 0.486 e. The van der Waals surface area contributed by atoms with Crippen LogP contribution in [-0.2, 0) is 6.61 Å². The zero-order valence-corrected chi connectivity index (χ0v) is 13.0. The van der Waals surface area contributed by atoms with Gasteiger partial charge in [-0.1, -0.05) is 23.8 Å². The Hall–Kier alpha value is -1.81. The molecule has 0 aliphatic rings. The Morgan fingerprint density at radius 2 is 1.75 bits per heavy atom. The number of imidazole rings is 1. The van der Waals surface area contributed by atoms with Crippen molar-refractivity contribution in [3.05, 3.63) is 64.1 Å². The summed E-state index contributed by atoms with van der Waals surface area (Å²) in [6.07, 6.45) is 2.07. The first-order chi connectivity index (χ1) is 9.63. The highest BCUT2D eigenvalue weighted by Gasteiger charge is 2.09. The average Bonchev–Trinajstić information content (AvgIpc) is 2.74. The molecule has 0 spiro atoms. The summed E-state index contributed by atoms with van der Waals surface area (Å²) in [5.41, 5.74) is 3.47. The molecular formula is C16H15BrN2O. The maximum Gasteiger partial charge on any atom is 0.152 e. The highest BCUT2D eigenvalue weighted by Crippen LogP contribution is 2.21. The molecule has 0 bridgehead atoms. The van der Waals surface area contributed by atoms with Crippen LogP contribution < -0.4 is 4.74 Å². The minimum absolute atomic E-state index is 0.444. The van der Waals surface area contributed by atoms with Crippen LogP contribution in [0, 0.1) is 13.8 Å². The van der Waals surface area contributed by atoms with Gasteiger partial charge in [-0.25, -0.2) is 4.98 Å². The number of benzene rings is 1. The highest BCUT2D eigenvalue weighted by molar-refractivity contribution is 9.10. The SMILES string of the molecule is Cc1ccc(OCc2nc(Br)c3ccc(C)cn23)cc1. The summed E-state index contributed by atoms with van der Waals surface area (Å²) < 4.78 is 8.71. The molecule has 0 saturated carbocycles. The summed E-state index contributed by atoms with van der Waals surface area (Å²) in [5, 5.41) is 0. The second kappa shape index (κ2) is 5.29. The first-order valence-corrected chi connectivity index (χ1v) is 7.25. The Bertz CT molecular complexity index is 747. The zero-order valence-electron chi connectivity index (χ0n) is 11.4. The number of fused-ring (bicyclic) bond motifs is 1. The molecule has 20 heavy (non-hydrogen) atoms. The van der Waals surface area contributed by atoms with Gasteiger partial charge in [-0.3, -0.25) is 4.40 Å². The Balaban J connectivity index is 1.87. The van der Waals surface area contributed by atoms with Crippen molar-refractivity contribution in [1.29, 1.82) is 0 Å². The monoisotopic (exact) mass is 330 g/mol. The number of halogens is 1. The van der Waals surface area contributed by atoms with Crippen LogP contribution in [0.4, 0.5) is 0 Å². The summed E-state index contributed by atoms with van der Waals surface area (Å²) in [5.74, 6) is 1.74. The lowest BCUT2D eigenvalue weighted by Crippen LogP contribution is -2.01. The van der Waals surface area contributed by atoms with E-state index in [9.17, 15) is 0 Å². The molecule has 3 aromatic rings. The average molecular weight is 331 g/mol. The maximum absolute atomic E-state index is 5.80. The van der Waals surface area contributed by atoms with Crippen molar-refractivity contribution in [2.75, 3.05) is 0 Å². The summed E-state index contributed by atoms with van der Waals surface area (Å²) in [6.45, 7) is 4.57. The normalized spacial score (nSPS) is 10.9. The standard InChI is InChI=1S/C16H15BrN2O/c1-11-3-6-13(7-4-11)20-10-15-18-16(17)14-8-5-12(2)9-19(14)15/h3-9H,10H2,1-2H3. The van der Waals surface area contributed by atoms with Gasteiger partial charge in [0.1, 0.15) is 17.0 Å². The third-order valence-corrected chi connectivity index (χ3v) is 3.79. The zero-order chi connectivity index (χ0) is 14.1. The van der Waals surface area contributed by atoms with Crippen LogP contribution in [0.25, 0.3) is 5.52 Å². The molecule has 2 heterocycles. The third kappa shape index (κ3) is 2.56. The summed E-state index contributed by atoms with van der Waals surface area (Å²) >= 11 is 3.49. The number of ether oxygens (including phenoxy) is 1. The molecule has 3 nitrogen and oxygen atoms in total. The van der Waals surface area contributed by atoms with Crippen LogP contribution >= 0.6 is 15.9 Å². The van der Waals surface area contributed by atoms with Gasteiger partial charge in [-0.05, 0) is 53.5 Å². The van der Waals surface area contributed by atoms with E-state index >= 15 is 0 Å². The minimum Gasteiger partial charge on any atom is -0.486 e. The fourth-order valence-electron chi connectivity index (χ4n) is 2.10. The summed E-state index contributed by atoms with van der Waals surface area (Å²) in [6, 6.07) is 12.2. The Morgan fingerprint density at radius 3 is 2.50 bits per heavy atom. The van der Waals surface area contributed by atoms with E-state index in [0.717, 1.165) is 21.7 Å². The Labute approximate surface area is 126 Å². The van der Waals surface area contributed by atoms with E-state index < -0.39 is 0 Å². The lowest BCUT2D eigenvalue weighted by atomic mass is 10.2. The number of hydrogen-bond donors (Lipinski definition) is 0. The van der Waals surface area contributed by atoms with Crippen LogP contribution in [0.2, 0.25) is 0 Å². The maximum atomic E-state index is 5.80. The van der Waals surface area contributed by atoms with E-state index in [-0.39, 0.29) is 0 Å². The fraction of sp³-hybridized carbons (Fsp3) is 0.188.